The third kappa shape index (κ3) is 2.80. The van der Waals surface area contributed by atoms with E-state index >= 15 is 0 Å². The smallest absolute Gasteiger partial charge is 0.184 e. The first kappa shape index (κ1) is 14.5. The molecule has 0 saturated carbocycles. The summed E-state index contributed by atoms with van der Waals surface area (Å²) in [6, 6.07) is 7.66. The van der Waals surface area contributed by atoms with E-state index in [0.717, 1.165) is 17.7 Å². The number of nitrogen functional groups attached to an aromatic ring is 1. The minimum absolute atomic E-state index is 0.0711. The van der Waals surface area contributed by atoms with Gasteiger partial charge in [-0.05, 0) is 36.8 Å². The number of halogens is 2. The molecule has 0 amide bonds. The molecule has 0 unspecified atom stereocenters. The van der Waals surface area contributed by atoms with Crippen LogP contribution in [0.3, 0.4) is 0 Å². The lowest BCUT2D eigenvalue weighted by Crippen LogP contribution is -2.10. The Hall–Kier alpha value is -1.95. The van der Waals surface area contributed by atoms with Gasteiger partial charge < -0.3 is 5.73 Å². The van der Waals surface area contributed by atoms with Crippen LogP contribution in [0.15, 0.2) is 41.3 Å². The van der Waals surface area contributed by atoms with Crippen LogP contribution in [-0.4, -0.2) is 8.42 Å². The molecular formula is C14H13F2NO2S. The van der Waals surface area contributed by atoms with Crippen molar-refractivity contribution < 1.29 is 17.2 Å². The Morgan fingerprint density at radius 3 is 2.25 bits per heavy atom. The maximum Gasteiger partial charge on any atom is 0.184 e. The van der Waals surface area contributed by atoms with Gasteiger partial charge >= 0.3 is 0 Å². The molecule has 0 heterocycles. The lowest BCUT2D eigenvalue weighted by Gasteiger charge is -2.09. The van der Waals surface area contributed by atoms with E-state index in [2.05, 4.69) is 0 Å². The van der Waals surface area contributed by atoms with Gasteiger partial charge in [0.1, 0.15) is 11.6 Å². The fraction of sp³-hybridized carbons (Fsp3) is 0.143. The Labute approximate surface area is 116 Å². The molecule has 3 nitrogen and oxygen atoms in total. The van der Waals surface area contributed by atoms with Crippen LogP contribution >= 0.6 is 0 Å². The number of benzene rings is 2. The van der Waals surface area contributed by atoms with Gasteiger partial charge in [0.25, 0.3) is 0 Å². The summed E-state index contributed by atoms with van der Waals surface area (Å²) in [6.07, 6.45) is 0. The third-order valence-corrected chi connectivity index (χ3v) is 4.61. The second-order valence-corrected chi connectivity index (χ2v) is 6.46. The number of rotatable bonds is 3. The van der Waals surface area contributed by atoms with Gasteiger partial charge in [-0.15, -0.1) is 0 Å². The maximum absolute atomic E-state index is 13.5. The van der Waals surface area contributed by atoms with Crippen molar-refractivity contribution in [2.45, 2.75) is 17.6 Å². The first-order valence-corrected chi connectivity index (χ1v) is 7.48. The van der Waals surface area contributed by atoms with Crippen LogP contribution in [0.25, 0.3) is 0 Å². The standard InChI is InChI=1S/C14H13F2NO2S/c1-9-5-6-14(13(17)7-9)20(18,19)8-10-11(15)3-2-4-12(10)16/h2-7H,8,17H2,1H3. The van der Waals surface area contributed by atoms with Gasteiger partial charge in [0.2, 0.25) is 0 Å². The van der Waals surface area contributed by atoms with Crippen LogP contribution in [0.2, 0.25) is 0 Å². The topological polar surface area (TPSA) is 60.2 Å². The zero-order valence-corrected chi connectivity index (χ0v) is 11.5. The molecule has 2 aromatic carbocycles. The lowest BCUT2D eigenvalue weighted by atomic mass is 10.2. The van der Waals surface area contributed by atoms with Gasteiger partial charge in [-0.25, -0.2) is 17.2 Å². The van der Waals surface area contributed by atoms with Crippen molar-refractivity contribution in [2.75, 3.05) is 5.73 Å². The minimum atomic E-state index is -3.91. The highest BCUT2D eigenvalue weighted by Gasteiger charge is 2.22. The molecule has 2 N–H and O–H groups in total. The molecule has 0 bridgehead atoms. The highest BCUT2D eigenvalue weighted by atomic mass is 32.2. The van der Waals surface area contributed by atoms with Crippen LogP contribution < -0.4 is 5.73 Å². The van der Waals surface area contributed by atoms with E-state index in [1.54, 1.807) is 13.0 Å². The molecular weight excluding hydrogens is 284 g/mol. The molecule has 0 aliphatic rings. The summed E-state index contributed by atoms with van der Waals surface area (Å²) in [7, 11) is -3.91. The van der Waals surface area contributed by atoms with E-state index in [1.165, 1.54) is 18.2 Å². The molecule has 2 rings (SSSR count). The van der Waals surface area contributed by atoms with Crippen LogP contribution in [0.1, 0.15) is 11.1 Å². The predicted octanol–water partition coefficient (Wildman–Crippen LogP) is 2.83. The zero-order valence-electron chi connectivity index (χ0n) is 10.7. The first-order chi connectivity index (χ1) is 9.31. The fourth-order valence-corrected chi connectivity index (χ4v) is 3.39. The summed E-state index contributed by atoms with van der Waals surface area (Å²) in [5.41, 5.74) is 6.07. The van der Waals surface area contributed by atoms with Crippen molar-refractivity contribution in [3.8, 4) is 0 Å². The lowest BCUT2D eigenvalue weighted by molar-refractivity contribution is 0.556. The Bertz CT molecular complexity index is 738. The van der Waals surface area contributed by atoms with E-state index in [9.17, 15) is 17.2 Å². The van der Waals surface area contributed by atoms with E-state index in [1.807, 2.05) is 0 Å². The van der Waals surface area contributed by atoms with Crippen molar-refractivity contribution in [3.63, 3.8) is 0 Å². The van der Waals surface area contributed by atoms with Crippen LogP contribution in [0.5, 0.6) is 0 Å². The normalized spacial score (nSPS) is 11.6. The average molecular weight is 297 g/mol. The number of aryl methyl sites for hydroxylation is 1. The number of nitrogens with two attached hydrogens (primary N) is 1. The zero-order chi connectivity index (χ0) is 14.9. The molecule has 0 aromatic heterocycles. The van der Waals surface area contributed by atoms with Crippen molar-refractivity contribution in [1.29, 1.82) is 0 Å². The number of hydrogen-bond acceptors (Lipinski definition) is 3. The van der Waals surface area contributed by atoms with Crippen LogP contribution in [0, 0.1) is 18.6 Å². The number of anilines is 1. The number of hydrogen-bond donors (Lipinski definition) is 1. The van der Waals surface area contributed by atoms with Crippen molar-refractivity contribution in [1.82, 2.24) is 0 Å². The summed E-state index contributed by atoms with van der Waals surface area (Å²) in [4.78, 5) is -0.120. The van der Waals surface area contributed by atoms with Crippen LogP contribution in [-0.2, 0) is 15.6 Å². The molecule has 2 aromatic rings. The first-order valence-electron chi connectivity index (χ1n) is 5.83. The molecule has 0 atom stereocenters. The Morgan fingerprint density at radius 2 is 1.70 bits per heavy atom. The summed E-state index contributed by atoms with van der Waals surface area (Å²) in [5, 5.41) is 0. The quantitative estimate of drug-likeness (QED) is 0.886. The van der Waals surface area contributed by atoms with Crippen molar-refractivity contribution in [3.05, 3.63) is 59.2 Å². The van der Waals surface area contributed by atoms with E-state index in [-0.39, 0.29) is 10.6 Å². The van der Waals surface area contributed by atoms with Gasteiger partial charge in [0.15, 0.2) is 9.84 Å². The average Bonchev–Trinajstić information content (AvgIpc) is 2.33. The monoisotopic (exact) mass is 297 g/mol. The van der Waals surface area contributed by atoms with E-state index < -0.39 is 32.8 Å². The molecule has 0 fully saturated rings. The summed E-state index contributed by atoms with van der Waals surface area (Å²) in [6.45, 7) is 1.77. The molecule has 0 saturated heterocycles. The second kappa shape index (κ2) is 5.20. The SMILES string of the molecule is Cc1ccc(S(=O)(=O)Cc2c(F)cccc2F)c(N)c1. The third-order valence-electron chi connectivity index (χ3n) is 2.90. The highest BCUT2D eigenvalue weighted by Crippen LogP contribution is 2.25. The fourth-order valence-electron chi connectivity index (χ4n) is 1.89. The predicted molar refractivity (Wildman–Crippen MR) is 72.8 cm³/mol. The van der Waals surface area contributed by atoms with Crippen molar-refractivity contribution >= 4 is 15.5 Å². The molecule has 6 heteroatoms. The minimum Gasteiger partial charge on any atom is -0.398 e. The molecule has 0 radical (unpaired) electrons. The Kier molecular flexibility index (Phi) is 3.76. The largest absolute Gasteiger partial charge is 0.398 e. The van der Waals surface area contributed by atoms with Gasteiger partial charge in [-0.1, -0.05) is 12.1 Å². The maximum atomic E-state index is 13.5. The van der Waals surface area contributed by atoms with Gasteiger partial charge in [-0.2, -0.15) is 0 Å². The van der Waals surface area contributed by atoms with E-state index in [0.29, 0.717) is 0 Å². The van der Waals surface area contributed by atoms with Crippen molar-refractivity contribution in [2.24, 2.45) is 0 Å². The Morgan fingerprint density at radius 1 is 1.10 bits per heavy atom. The van der Waals surface area contributed by atoms with Gasteiger partial charge in [0, 0.05) is 5.56 Å². The summed E-state index contributed by atoms with van der Waals surface area (Å²) in [5.74, 6) is -2.54. The van der Waals surface area contributed by atoms with Crippen LogP contribution in [0.4, 0.5) is 14.5 Å². The summed E-state index contributed by atoms with van der Waals surface area (Å²) >= 11 is 0. The Balaban J connectivity index is 2.46. The highest BCUT2D eigenvalue weighted by molar-refractivity contribution is 7.90. The molecule has 106 valence electrons. The molecule has 0 spiro atoms. The second-order valence-electron chi connectivity index (χ2n) is 4.50. The van der Waals surface area contributed by atoms with Gasteiger partial charge in [0.05, 0.1) is 16.3 Å². The molecule has 0 aliphatic carbocycles. The van der Waals surface area contributed by atoms with E-state index in [4.69, 9.17) is 5.73 Å². The summed E-state index contributed by atoms with van der Waals surface area (Å²) < 4.78 is 51.5. The molecule has 0 aliphatic heterocycles. The van der Waals surface area contributed by atoms with Gasteiger partial charge in [-0.3, -0.25) is 0 Å². The molecule has 20 heavy (non-hydrogen) atoms. The number of sulfone groups is 1.